The van der Waals surface area contributed by atoms with Gasteiger partial charge in [0.25, 0.3) is 5.91 Å². The summed E-state index contributed by atoms with van der Waals surface area (Å²) in [4.78, 5) is 25.6. The molecule has 1 aromatic heterocycles. The summed E-state index contributed by atoms with van der Waals surface area (Å²) in [6.07, 6.45) is 1.47. The highest BCUT2D eigenvalue weighted by Gasteiger charge is 2.41. The number of carbonyl (C=O) groups excluding carboxylic acids is 1. The third-order valence-corrected chi connectivity index (χ3v) is 4.21. The summed E-state index contributed by atoms with van der Waals surface area (Å²) < 4.78 is 5.24. The zero-order valence-electron chi connectivity index (χ0n) is 12.2. The topological polar surface area (TPSA) is 70.8 Å². The average Bonchev–Trinajstić information content (AvgIpc) is 3.14. The van der Waals surface area contributed by atoms with Crippen LogP contribution in [-0.4, -0.2) is 35.0 Å². The van der Waals surface area contributed by atoms with E-state index in [-0.39, 0.29) is 24.1 Å². The highest BCUT2D eigenvalue weighted by Crippen LogP contribution is 2.33. The Morgan fingerprint density at radius 3 is 2.50 bits per heavy atom. The Bertz CT molecular complexity index is 692. The average molecular weight is 299 g/mol. The van der Waals surface area contributed by atoms with Crippen LogP contribution in [-0.2, 0) is 4.79 Å². The normalized spacial score (nSPS) is 21.0. The van der Waals surface area contributed by atoms with Gasteiger partial charge in [0.2, 0.25) is 0 Å². The second kappa shape index (κ2) is 5.67. The van der Waals surface area contributed by atoms with Crippen molar-refractivity contribution in [2.45, 2.75) is 12.8 Å². The molecule has 1 amide bonds. The van der Waals surface area contributed by atoms with E-state index in [2.05, 4.69) is 0 Å². The second-order valence-electron chi connectivity index (χ2n) is 5.60. The lowest BCUT2D eigenvalue weighted by Gasteiger charge is -2.15. The molecule has 0 spiro atoms. The van der Waals surface area contributed by atoms with Crippen LogP contribution in [0, 0.1) is 12.8 Å². The second-order valence-corrected chi connectivity index (χ2v) is 5.60. The van der Waals surface area contributed by atoms with E-state index >= 15 is 0 Å². The highest BCUT2D eigenvalue weighted by atomic mass is 16.4. The van der Waals surface area contributed by atoms with E-state index in [0.29, 0.717) is 6.54 Å². The first-order valence-corrected chi connectivity index (χ1v) is 7.19. The van der Waals surface area contributed by atoms with E-state index in [9.17, 15) is 14.7 Å². The van der Waals surface area contributed by atoms with Gasteiger partial charge in [0.1, 0.15) is 0 Å². The molecule has 3 rings (SSSR count). The number of rotatable bonds is 3. The van der Waals surface area contributed by atoms with Gasteiger partial charge in [0, 0.05) is 24.6 Å². The Morgan fingerprint density at radius 1 is 1.18 bits per heavy atom. The van der Waals surface area contributed by atoms with E-state index in [1.54, 1.807) is 17.9 Å². The quantitative estimate of drug-likeness (QED) is 0.945. The summed E-state index contributed by atoms with van der Waals surface area (Å²) in [6, 6.07) is 11.2. The molecule has 1 aliphatic heterocycles. The first kappa shape index (κ1) is 14.4. The summed E-state index contributed by atoms with van der Waals surface area (Å²) >= 11 is 0. The number of amides is 1. The van der Waals surface area contributed by atoms with Gasteiger partial charge in [-0.1, -0.05) is 30.3 Å². The number of carbonyl (C=O) groups is 2. The van der Waals surface area contributed by atoms with Crippen LogP contribution in [0.5, 0.6) is 0 Å². The molecule has 1 N–H and O–H groups in total. The van der Waals surface area contributed by atoms with Gasteiger partial charge in [-0.05, 0) is 18.6 Å². The molecule has 2 atom stereocenters. The zero-order valence-corrected chi connectivity index (χ0v) is 12.2. The number of nitrogens with zero attached hydrogens (tertiary/aromatic N) is 1. The van der Waals surface area contributed by atoms with Crippen LogP contribution in [0.25, 0.3) is 0 Å². The Kier molecular flexibility index (Phi) is 3.71. The molecule has 5 nitrogen and oxygen atoms in total. The van der Waals surface area contributed by atoms with Crippen molar-refractivity contribution in [1.82, 2.24) is 4.90 Å². The van der Waals surface area contributed by atoms with Crippen molar-refractivity contribution in [3.63, 3.8) is 0 Å². The number of hydrogen-bond donors (Lipinski definition) is 1. The number of carboxylic acid groups (broad SMARTS) is 1. The lowest BCUT2D eigenvalue weighted by Crippen LogP contribution is -2.30. The summed E-state index contributed by atoms with van der Waals surface area (Å²) in [5.74, 6) is -1.62. The molecule has 0 radical (unpaired) electrons. The van der Waals surface area contributed by atoms with Crippen molar-refractivity contribution in [3.8, 4) is 0 Å². The smallest absolute Gasteiger partial charge is 0.308 e. The van der Waals surface area contributed by atoms with E-state index in [4.69, 9.17) is 4.42 Å². The molecular formula is C17H17NO4. The lowest BCUT2D eigenvalue weighted by atomic mass is 9.89. The minimum atomic E-state index is -0.875. The third-order valence-electron chi connectivity index (χ3n) is 4.21. The van der Waals surface area contributed by atoms with Crippen molar-refractivity contribution in [2.24, 2.45) is 5.92 Å². The number of benzene rings is 1. The molecule has 1 aromatic carbocycles. The number of furan rings is 1. The first-order chi connectivity index (χ1) is 10.6. The van der Waals surface area contributed by atoms with Crippen molar-refractivity contribution >= 4 is 11.9 Å². The summed E-state index contributed by atoms with van der Waals surface area (Å²) in [7, 11) is 0. The molecule has 5 heteroatoms. The van der Waals surface area contributed by atoms with Gasteiger partial charge in [-0.2, -0.15) is 0 Å². The maximum atomic E-state index is 12.5. The van der Waals surface area contributed by atoms with Gasteiger partial charge < -0.3 is 14.4 Å². The zero-order chi connectivity index (χ0) is 15.7. The predicted octanol–water partition coefficient (Wildman–Crippen LogP) is 2.53. The van der Waals surface area contributed by atoms with E-state index < -0.39 is 11.9 Å². The Balaban J connectivity index is 1.86. The van der Waals surface area contributed by atoms with Gasteiger partial charge in [-0.25, -0.2) is 0 Å². The SMILES string of the molecule is Cc1ccoc1C(=O)N1CC(C(=O)O)C(c2ccccc2)C1. The van der Waals surface area contributed by atoms with E-state index in [1.165, 1.54) is 6.26 Å². The minimum absolute atomic E-state index is 0.196. The number of likely N-dealkylation sites (tertiary alicyclic amines) is 1. The fourth-order valence-electron chi connectivity index (χ4n) is 2.99. The van der Waals surface area contributed by atoms with E-state index in [1.807, 2.05) is 30.3 Å². The molecule has 2 unspecified atom stereocenters. The van der Waals surface area contributed by atoms with Crippen LogP contribution < -0.4 is 0 Å². The minimum Gasteiger partial charge on any atom is -0.481 e. The van der Waals surface area contributed by atoms with Crippen LogP contribution in [0.2, 0.25) is 0 Å². The van der Waals surface area contributed by atoms with Crippen molar-refractivity contribution in [1.29, 1.82) is 0 Å². The molecule has 0 bridgehead atoms. The maximum absolute atomic E-state index is 12.5. The molecule has 0 saturated carbocycles. The molecule has 0 aliphatic carbocycles. The van der Waals surface area contributed by atoms with Crippen LogP contribution in [0.1, 0.15) is 27.6 Å². The molecule has 22 heavy (non-hydrogen) atoms. The Hall–Kier alpha value is -2.56. The van der Waals surface area contributed by atoms with Gasteiger partial charge in [0.05, 0.1) is 12.2 Å². The molecular weight excluding hydrogens is 282 g/mol. The summed E-state index contributed by atoms with van der Waals surface area (Å²) in [6.45, 7) is 2.39. The fourth-order valence-corrected chi connectivity index (χ4v) is 2.99. The summed E-state index contributed by atoms with van der Waals surface area (Å²) in [5.41, 5.74) is 1.71. The van der Waals surface area contributed by atoms with Crippen LogP contribution >= 0.6 is 0 Å². The number of carboxylic acids is 1. The molecule has 1 aliphatic rings. The molecule has 2 heterocycles. The number of aryl methyl sites for hydroxylation is 1. The molecule has 114 valence electrons. The first-order valence-electron chi connectivity index (χ1n) is 7.19. The number of hydrogen-bond acceptors (Lipinski definition) is 3. The Labute approximate surface area is 128 Å². The monoisotopic (exact) mass is 299 g/mol. The van der Waals surface area contributed by atoms with Crippen molar-refractivity contribution in [2.75, 3.05) is 13.1 Å². The number of aliphatic carboxylic acids is 1. The molecule has 1 saturated heterocycles. The largest absolute Gasteiger partial charge is 0.481 e. The van der Waals surface area contributed by atoms with Gasteiger partial charge in [0.15, 0.2) is 5.76 Å². The van der Waals surface area contributed by atoms with Crippen LogP contribution in [0.3, 0.4) is 0 Å². The highest BCUT2D eigenvalue weighted by molar-refractivity contribution is 5.93. The maximum Gasteiger partial charge on any atom is 0.308 e. The third kappa shape index (κ3) is 2.50. The fraction of sp³-hybridized carbons (Fsp3) is 0.294. The predicted molar refractivity (Wildman–Crippen MR) is 79.7 cm³/mol. The Morgan fingerprint density at radius 2 is 1.91 bits per heavy atom. The van der Waals surface area contributed by atoms with Crippen LogP contribution in [0.15, 0.2) is 47.1 Å². The van der Waals surface area contributed by atoms with E-state index in [0.717, 1.165) is 11.1 Å². The standard InChI is InChI=1S/C17H17NO4/c1-11-7-8-22-15(11)16(19)18-9-13(14(10-18)17(20)21)12-5-3-2-4-6-12/h2-8,13-14H,9-10H2,1H3,(H,20,21). The van der Waals surface area contributed by atoms with Crippen molar-refractivity contribution < 1.29 is 19.1 Å². The van der Waals surface area contributed by atoms with Crippen molar-refractivity contribution in [3.05, 3.63) is 59.5 Å². The van der Waals surface area contributed by atoms with Gasteiger partial charge in [-0.3, -0.25) is 9.59 Å². The van der Waals surface area contributed by atoms with Crippen LogP contribution in [0.4, 0.5) is 0 Å². The molecule has 1 fully saturated rings. The summed E-state index contributed by atoms with van der Waals surface area (Å²) in [5, 5.41) is 9.47. The lowest BCUT2D eigenvalue weighted by molar-refractivity contribution is -0.141. The molecule has 2 aromatic rings. The van der Waals surface area contributed by atoms with Gasteiger partial charge in [-0.15, -0.1) is 0 Å². The van der Waals surface area contributed by atoms with Gasteiger partial charge >= 0.3 is 5.97 Å².